The number of halogens is 2. The fraction of sp³-hybridized carbons (Fsp3) is 0.500. The molecule has 0 aliphatic carbocycles. The fourth-order valence-corrected chi connectivity index (χ4v) is 2.08. The molecule has 0 aromatic carbocycles. The van der Waals surface area contributed by atoms with Gasteiger partial charge >= 0.3 is 0 Å². The van der Waals surface area contributed by atoms with Crippen molar-refractivity contribution >= 4 is 35.3 Å². The average Bonchev–Trinajstić information content (AvgIpc) is 2.36. The molecule has 0 aliphatic heterocycles. The molecule has 4 heteroatoms. The first kappa shape index (κ1) is 12.2. The molecule has 0 spiro atoms. The van der Waals surface area contributed by atoms with Gasteiger partial charge in [0.1, 0.15) is 0 Å². The first-order valence-corrected chi connectivity index (χ1v) is 4.94. The summed E-state index contributed by atoms with van der Waals surface area (Å²) in [5.74, 6) is 0. The van der Waals surface area contributed by atoms with E-state index in [-0.39, 0.29) is 18.4 Å². The highest BCUT2D eigenvalue weighted by Gasteiger charge is 2.06. The number of nitrogens with two attached hydrogens (primary N) is 1. The van der Waals surface area contributed by atoms with E-state index in [0.29, 0.717) is 0 Å². The van der Waals surface area contributed by atoms with Gasteiger partial charge in [-0.05, 0) is 18.6 Å². The second-order valence-corrected chi connectivity index (χ2v) is 4.28. The number of hydrogen-bond donors (Lipinski definition) is 1. The molecule has 0 radical (unpaired) electrons. The topological polar surface area (TPSA) is 26.0 Å². The summed E-state index contributed by atoms with van der Waals surface area (Å²) in [4.78, 5) is 1.19. The van der Waals surface area contributed by atoms with Crippen molar-refractivity contribution in [2.24, 2.45) is 5.73 Å². The predicted octanol–water partition coefficient (Wildman–Crippen LogP) is 3.62. The lowest BCUT2D eigenvalue weighted by Gasteiger charge is -2.05. The van der Waals surface area contributed by atoms with Crippen LogP contribution in [0.15, 0.2) is 12.1 Å². The maximum atomic E-state index is 5.87. The summed E-state index contributed by atoms with van der Waals surface area (Å²) in [5, 5.41) is 0. The molecule has 0 saturated heterocycles. The summed E-state index contributed by atoms with van der Waals surface area (Å²) in [5.41, 5.74) is 5.87. The van der Waals surface area contributed by atoms with Crippen LogP contribution in [0.25, 0.3) is 0 Å². The van der Waals surface area contributed by atoms with Crippen LogP contribution in [0.5, 0.6) is 0 Å². The Kier molecular flexibility index (Phi) is 5.93. The third-order valence-electron chi connectivity index (χ3n) is 1.56. The molecule has 1 heterocycles. The number of hydrogen-bond acceptors (Lipinski definition) is 2. The van der Waals surface area contributed by atoms with Crippen LogP contribution in [0.1, 0.15) is 30.7 Å². The molecule has 1 aromatic heterocycles. The Morgan fingerprint density at radius 1 is 1.58 bits per heavy atom. The SMILES string of the molecule is CCC[C@@H](N)c1ccc(Cl)s1.Cl. The largest absolute Gasteiger partial charge is 0.323 e. The Labute approximate surface area is 88.3 Å². The molecule has 0 aliphatic rings. The molecule has 70 valence electrons. The van der Waals surface area contributed by atoms with E-state index < -0.39 is 0 Å². The summed E-state index contributed by atoms with van der Waals surface area (Å²) in [6.45, 7) is 2.13. The van der Waals surface area contributed by atoms with E-state index in [1.807, 2.05) is 12.1 Å². The molecule has 1 rings (SSSR count). The fourth-order valence-electron chi connectivity index (χ4n) is 0.981. The monoisotopic (exact) mass is 225 g/mol. The lowest BCUT2D eigenvalue weighted by molar-refractivity contribution is 0.648. The van der Waals surface area contributed by atoms with Gasteiger partial charge in [0.25, 0.3) is 0 Å². The normalized spacial score (nSPS) is 12.2. The van der Waals surface area contributed by atoms with Crippen molar-refractivity contribution in [2.45, 2.75) is 25.8 Å². The van der Waals surface area contributed by atoms with Crippen LogP contribution in [0.2, 0.25) is 4.34 Å². The van der Waals surface area contributed by atoms with Crippen LogP contribution in [0.3, 0.4) is 0 Å². The first-order chi connectivity index (χ1) is 5.24. The molecular weight excluding hydrogens is 213 g/mol. The zero-order valence-electron chi connectivity index (χ0n) is 6.92. The smallest absolute Gasteiger partial charge is 0.0931 e. The minimum atomic E-state index is 0. The van der Waals surface area contributed by atoms with Crippen molar-refractivity contribution in [3.63, 3.8) is 0 Å². The lowest BCUT2D eigenvalue weighted by Crippen LogP contribution is -2.07. The minimum Gasteiger partial charge on any atom is -0.323 e. The van der Waals surface area contributed by atoms with Crippen LogP contribution >= 0.6 is 35.3 Å². The Balaban J connectivity index is 0.00000121. The van der Waals surface area contributed by atoms with Gasteiger partial charge in [-0.25, -0.2) is 0 Å². The third-order valence-corrected chi connectivity index (χ3v) is 2.92. The molecule has 0 saturated carbocycles. The van der Waals surface area contributed by atoms with E-state index in [0.717, 1.165) is 17.2 Å². The van der Waals surface area contributed by atoms with E-state index in [2.05, 4.69) is 6.92 Å². The predicted molar refractivity (Wildman–Crippen MR) is 58.4 cm³/mol. The van der Waals surface area contributed by atoms with Crippen LogP contribution in [0.4, 0.5) is 0 Å². The molecule has 0 bridgehead atoms. The summed E-state index contributed by atoms with van der Waals surface area (Å²) >= 11 is 7.34. The minimum absolute atomic E-state index is 0. The molecule has 1 aromatic rings. The number of rotatable bonds is 3. The van der Waals surface area contributed by atoms with Crippen LogP contribution in [-0.2, 0) is 0 Å². The van der Waals surface area contributed by atoms with E-state index >= 15 is 0 Å². The highest BCUT2D eigenvalue weighted by atomic mass is 35.5. The average molecular weight is 226 g/mol. The van der Waals surface area contributed by atoms with Crippen molar-refractivity contribution in [3.8, 4) is 0 Å². The van der Waals surface area contributed by atoms with Crippen molar-refractivity contribution in [2.75, 3.05) is 0 Å². The lowest BCUT2D eigenvalue weighted by atomic mass is 10.1. The van der Waals surface area contributed by atoms with Crippen molar-refractivity contribution in [3.05, 3.63) is 21.3 Å². The summed E-state index contributed by atoms with van der Waals surface area (Å²) in [6, 6.07) is 4.09. The Morgan fingerprint density at radius 2 is 2.25 bits per heavy atom. The van der Waals surface area contributed by atoms with Crippen molar-refractivity contribution < 1.29 is 0 Å². The molecule has 0 amide bonds. The highest BCUT2D eigenvalue weighted by Crippen LogP contribution is 2.27. The van der Waals surface area contributed by atoms with E-state index in [4.69, 9.17) is 17.3 Å². The second kappa shape index (κ2) is 5.81. The second-order valence-electron chi connectivity index (χ2n) is 2.54. The molecule has 1 nitrogen and oxygen atoms in total. The third kappa shape index (κ3) is 3.31. The van der Waals surface area contributed by atoms with Gasteiger partial charge in [-0.2, -0.15) is 0 Å². The Hall–Kier alpha value is 0.240. The summed E-state index contributed by atoms with van der Waals surface area (Å²) < 4.78 is 0.826. The van der Waals surface area contributed by atoms with Crippen LogP contribution in [-0.4, -0.2) is 0 Å². The van der Waals surface area contributed by atoms with Gasteiger partial charge in [0, 0.05) is 10.9 Å². The van der Waals surface area contributed by atoms with Gasteiger partial charge < -0.3 is 5.73 Å². The maximum absolute atomic E-state index is 5.87. The van der Waals surface area contributed by atoms with E-state index in [9.17, 15) is 0 Å². The number of thiophene rings is 1. The summed E-state index contributed by atoms with van der Waals surface area (Å²) in [7, 11) is 0. The van der Waals surface area contributed by atoms with Crippen LogP contribution in [0, 0.1) is 0 Å². The molecule has 0 fully saturated rings. The molecular formula is C8H13Cl2NS. The Morgan fingerprint density at radius 3 is 2.67 bits per heavy atom. The molecule has 12 heavy (non-hydrogen) atoms. The molecule has 0 unspecified atom stereocenters. The van der Waals surface area contributed by atoms with Gasteiger partial charge in [0.15, 0.2) is 0 Å². The summed E-state index contributed by atoms with van der Waals surface area (Å²) in [6.07, 6.45) is 2.16. The Bertz CT molecular complexity index is 225. The quantitative estimate of drug-likeness (QED) is 0.836. The standard InChI is InChI=1S/C8H12ClNS.ClH/c1-2-3-6(10)7-4-5-8(9)11-7;/h4-6H,2-3,10H2,1H3;1H/t6-;/m1./s1. The van der Waals surface area contributed by atoms with Gasteiger partial charge in [0.05, 0.1) is 4.34 Å². The van der Waals surface area contributed by atoms with Gasteiger partial charge in [-0.1, -0.05) is 24.9 Å². The van der Waals surface area contributed by atoms with Gasteiger partial charge in [-0.3, -0.25) is 0 Å². The van der Waals surface area contributed by atoms with Gasteiger partial charge in [-0.15, -0.1) is 23.7 Å². The van der Waals surface area contributed by atoms with E-state index in [1.165, 1.54) is 4.88 Å². The zero-order chi connectivity index (χ0) is 8.27. The van der Waals surface area contributed by atoms with Crippen LogP contribution < -0.4 is 5.73 Å². The molecule has 1 atom stereocenters. The first-order valence-electron chi connectivity index (χ1n) is 3.75. The molecule has 2 N–H and O–H groups in total. The van der Waals surface area contributed by atoms with Gasteiger partial charge in [0.2, 0.25) is 0 Å². The van der Waals surface area contributed by atoms with E-state index in [1.54, 1.807) is 11.3 Å². The maximum Gasteiger partial charge on any atom is 0.0931 e. The van der Waals surface area contributed by atoms with Crippen molar-refractivity contribution in [1.82, 2.24) is 0 Å². The van der Waals surface area contributed by atoms with Crippen molar-refractivity contribution in [1.29, 1.82) is 0 Å². The highest BCUT2D eigenvalue weighted by molar-refractivity contribution is 7.16. The zero-order valence-corrected chi connectivity index (χ0v) is 9.31.